The fraction of sp³-hybridized carbons (Fsp3) is 0.292. The van der Waals surface area contributed by atoms with Gasteiger partial charge < -0.3 is 24.8 Å². The van der Waals surface area contributed by atoms with Crippen molar-refractivity contribution in [2.45, 2.75) is 32.7 Å². The molecule has 0 aliphatic rings. The fourth-order valence-corrected chi connectivity index (χ4v) is 3.09. The lowest BCUT2D eigenvalue weighted by molar-refractivity contribution is -0.274. The molecule has 1 aromatic heterocycles. The number of methoxy groups -OCH3 is 2. The number of nitrogens with zero attached hydrogens (tertiary/aromatic N) is 2. The van der Waals surface area contributed by atoms with E-state index in [2.05, 4.69) is 25.3 Å². The maximum atomic E-state index is 12.7. The van der Waals surface area contributed by atoms with E-state index in [1.165, 1.54) is 32.4 Å². The number of carbonyl (C=O) groups excluding carboxylic acids is 1. The standard InChI is InChI=1S/C24H25F3N4O4/c1-5-14(2)28-23-30-18(15-7-6-8-17(11-15)35-24(25,26)27)13-21(31-23)29-19-12-16(22(32)34-4)9-10-20(19)33-3/h6-14H,5H2,1-4H3,(H2,28,29,30,31)/t14-/m0/s1. The molecule has 3 rings (SSSR count). The van der Waals surface area contributed by atoms with Gasteiger partial charge in [0, 0.05) is 17.7 Å². The number of halogens is 3. The molecule has 1 atom stereocenters. The molecule has 8 nitrogen and oxygen atoms in total. The fourth-order valence-electron chi connectivity index (χ4n) is 3.09. The van der Waals surface area contributed by atoms with Crippen molar-refractivity contribution < 1.29 is 32.2 Å². The van der Waals surface area contributed by atoms with E-state index in [0.29, 0.717) is 34.1 Å². The monoisotopic (exact) mass is 490 g/mol. The van der Waals surface area contributed by atoms with E-state index in [-0.39, 0.29) is 17.7 Å². The van der Waals surface area contributed by atoms with Crippen LogP contribution in [-0.2, 0) is 4.74 Å². The van der Waals surface area contributed by atoms with Crippen molar-refractivity contribution in [3.63, 3.8) is 0 Å². The summed E-state index contributed by atoms with van der Waals surface area (Å²) in [6.07, 6.45) is -4.03. The minimum atomic E-state index is -4.82. The van der Waals surface area contributed by atoms with Crippen molar-refractivity contribution in [1.82, 2.24) is 9.97 Å². The molecule has 186 valence electrons. The van der Waals surface area contributed by atoms with E-state index < -0.39 is 12.3 Å². The number of benzene rings is 2. The Hall–Kier alpha value is -4.02. The van der Waals surface area contributed by atoms with E-state index in [1.54, 1.807) is 30.3 Å². The van der Waals surface area contributed by atoms with E-state index in [4.69, 9.17) is 9.47 Å². The van der Waals surface area contributed by atoms with Crippen LogP contribution in [0.1, 0.15) is 30.6 Å². The predicted octanol–water partition coefficient (Wildman–Crippen LogP) is 5.79. The number of hydrogen-bond donors (Lipinski definition) is 2. The first-order valence-corrected chi connectivity index (χ1v) is 10.7. The van der Waals surface area contributed by atoms with Gasteiger partial charge in [-0.05, 0) is 43.7 Å². The van der Waals surface area contributed by atoms with Gasteiger partial charge in [-0.25, -0.2) is 9.78 Å². The largest absolute Gasteiger partial charge is 0.573 e. The lowest BCUT2D eigenvalue weighted by Crippen LogP contribution is -2.17. The predicted molar refractivity (Wildman–Crippen MR) is 125 cm³/mol. The molecule has 0 unspecified atom stereocenters. The van der Waals surface area contributed by atoms with Crippen molar-refractivity contribution in [2.75, 3.05) is 24.9 Å². The number of hydrogen-bond acceptors (Lipinski definition) is 8. The molecule has 0 aliphatic carbocycles. The average molecular weight is 490 g/mol. The minimum absolute atomic E-state index is 0.0372. The second-order valence-electron chi connectivity index (χ2n) is 7.52. The van der Waals surface area contributed by atoms with Crippen molar-refractivity contribution in [3.8, 4) is 22.8 Å². The Morgan fingerprint density at radius 3 is 2.51 bits per heavy atom. The van der Waals surface area contributed by atoms with Crippen LogP contribution < -0.4 is 20.1 Å². The quantitative estimate of drug-likeness (QED) is 0.364. The van der Waals surface area contributed by atoms with Crippen LogP contribution >= 0.6 is 0 Å². The van der Waals surface area contributed by atoms with E-state index in [9.17, 15) is 18.0 Å². The number of rotatable bonds is 9. The second-order valence-corrected chi connectivity index (χ2v) is 7.52. The van der Waals surface area contributed by atoms with Crippen LogP contribution in [0.3, 0.4) is 0 Å². The van der Waals surface area contributed by atoms with Gasteiger partial charge in [0.05, 0.1) is 31.2 Å². The van der Waals surface area contributed by atoms with Gasteiger partial charge in [-0.1, -0.05) is 19.1 Å². The van der Waals surface area contributed by atoms with Crippen molar-refractivity contribution >= 4 is 23.4 Å². The summed E-state index contributed by atoms with van der Waals surface area (Å²) in [5.41, 5.74) is 1.47. The van der Waals surface area contributed by atoms with Crippen molar-refractivity contribution in [1.29, 1.82) is 0 Å². The number of anilines is 3. The number of ether oxygens (including phenoxy) is 3. The molecule has 3 aromatic rings. The topological polar surface area (TPSA) is 94.6 Å². The van der Waals surface area contributed by atoms with Crippen LogP contribution in [0.4, 0.5) is 30.6 Å². The van der Waals surface area contributed by atoms with Gasteiger partial charge in [0.2, 0.25) is 5.95 Å². The van der Waals surface area contributed by atoms with Crippen molar-refractivity contribution in [2.24, 2.45) is 0 Å². The molecule has 2 N–H and O–H groups in total. The maximum Gasteiger partial charge on any atom is 0.573 e. The van der Waals surface area contributed by atoms with Gasteiger partial charge in [-0.2, -0.15) is 4.98 Å². The molecule has 0 bridgehead atoms. The molecule has 11 heteroatoms. The van der Waals surface area contributed by atoms with Crippen LogP contribution in [0.2, 0.25) is 0 Å². The van der Waals surface area contributed by atoms with Crippen LogP contribution in [0.15, 0.2) is 48.5 Å². The first-order chi connectivity index (χ1) is 16.6. The highest BCUT2D eigenvalue weighted by Crippen LogP contribution is 2.32. The Labute approximate surface area is 200 Å². The third-order valence-corrected chi connectivity index (χ3v) is 4.96. The Morgan fingerprint density at radius 1 is 1.09 bits per heavy atom. The molecular formula is C24H25F3N4O4. The number of carbonyl (C=O) groups is 1. The number of nitrogens with one attached hydrogen (secondary N) is 2. The summed E-state index contributed by atoms with van der Waals surface area (Å²) in [7, 11) is 2.76. The normalized spacial score (nSPS) is 12.0. The van der Waals surface area contributed by atoms with Gasteiger partial charge in [0.15, 0.2) is 0 Å². The summed E-state index contributed by atoms with van der Waals surface area (Å²) in [6, 6.07) is 11.8. The number of esters is 1. The summed E-state index contributed by atoms with van der Waals surface area (Å²) in [5.74, 6) is 0.134. The molecular weight excluding hydrogens is 465 g/mol. The summed E-state index contributed by atoms with van der Waals surface area (Å²) >= 11 is 0. The van der Waals surface area contributed by atoms with Gasteiger partial charge in [0.25, 0.3) is 0 Å². The van der Waals surface area contributed by atoms with E-state index >= 15 is 0 Å². The van der Waals surface area contributed by atoms with Gasteiger partial charge in [0.1, 0.15) is 17.3 Å². The van der Waals surface area contributed by atoms with Crippen LogP contribution in [-0.4, -0.2) is 42.6 Å². The Kier molecular flexibility index (Phi) is 8.00. The molecule has 1 heterocycles. The van der Waals surface area contributed by atoms with Gasteiger partial charge in [-0.15, -0.1) is 13.2 Å². The molecule has 0 saturated heterocycles. The molecule has 0 aliphatic heterocycles. The first kappa shape index (κ1) is 25.6. The molecule has 35 heavy (non-hydrogen) atoms. The number of aromatic nitrogens is 2. The molecule has 0 amide bonds. The maximum absolute atomic E-state index is 12.7. The third-order valence-electron chi connectivity index (χ3n) is 4.96. The lowest BCUT2D eigenvalue weighted by Gasteiger charge is -2.16. The highest BCUT2D eigenvalue weighted by Gasteiger charge is 2.31. The smallest absolute Gasteiger partial charge is 0.495 e. The molecule has 2 aromatic carbocycles. The SMILES string of the molecule is CC[C@H](C)Nc1nc(Nc2cc(C(=O)OC)ccc2OC)cc(-c2cccc(OC(F)(F)F)c2)n1. The van der Waals surface area contributed by atoms with Crippen LogP contribution in [0, 0.1) is 0 Å². The van der Waals surface area contributed by atoms with Crippen LogP contribution in [0.25, 0.3) is 11.3 Å². The highest BCUT2D eigenvalue weighted by molar-refractivity contribution is 5.91. The van der Waals surface area contributed by atoms with Crippen LogP contribution in [0.5, 0.6) is 11.5 Å². The lowest BCUT2D eigenvalue weighted by atomic mass is 10.1. The first-order valence-electron chi connectivity index (χ1n) is 10.7. The molecule has 0 spiro atoms. The van der Waals surface area contributed by atoms with Crippen molar-refractivity contribution in [3.05, 3.63) is 54.1 Å². The zero-order valence-electron chi connectivity index (χ0n) is 19.6. The zero-order chi connectivity index (χ0) is 25.6. The second kappa shape index (κ2) is 10.9. The highest BCUT2D eigenvalue weighted by atomic mass is 19.4. The minimum Gasteiger partial charge on any atom is -0.495 e. The Balaban J connectivity index is 2.05. The zero-order valence-corrected chi connectivity index (χ0v) is 19.6. The van der Waals surface area contributed by atoms with E-state index in [1.807, 2.05) is 13.8 Å². The van der Waals surface area contributed by atoms with Gasteiger partial charge in [-0.3, -0.25) is 0 Å². The number of alkyl halides is 3. The summed E-state index contributed by atoms with van der Waals surface area (Å²) < 4.78 is 52.3. The Morgan fingerprint density at radius 2 is 1.86 bits per heavy atom. The average Bonchev–Trinajstić information content (AvgIpc) is 2.82. The molecule has 0 fully saturated rings. The van der Waals surface area contributed by atoms with E-state index in [0.717, 1.165) is 6.42 Å². The summed E-state index contributed by atoms with van der Waals surface area (Å²) in [6.45, 7) is 3.94. The van der Waals surface area contributed by atoms with Gasteiger partial charge >= 0.3 is 12.3 Å². The molecule has 0 saturated carbocycles. The Bertz CT molecular complexity index is 1190. The third kappa shape index (κ3) is 6.98. The summed E-state index contributed by atoms with van der Waals surface area (Å²) in [4.78, 5) is 20.9. The molecule has 0 radical (unpaired) electrons. The summed E-state index contributed by atoms with van der Waals surface area (Å²) in [5, 5.41) is 6.27.